The maximum absolute atomic E-state index is 6.50. The summed E-state index contributed by atoms with van der Waals surface area (Å²) in [4.78, 5) is 20.5. The molecule has 0 spiro atoms. The summed E-state index contributed by atoms with van der Waals surface area (Å²) in [5.41, 5.74) is 19.4. The van der Waals surface area contributed by atoms with Crippen LogP contribution in [0.2, 0.25) is 0 Å². The number of nitrogens with zero attached hydrogens (tertiary/aromatic N) is 5. The lowest BCUT2D eigenvalue weighted by molar-refractivity contribution is -0.0311. The molecule has 3 heterocycles. The van der Waals surface area contributed by atoms with E-state index in [1.165, 1.54) is 61.1 Å². The van der Waals surface area contributed by atoms with Crippen molar-refractivity contribution in [3.63, 3.8) is 0 Å². The average molecular weight is 1370 g/mol. The predicted molar refractivity (Wildman–Crippen MR) is 446 cm³/mol. The van der Waals surface area contributed by atoms with E-state index in [1.54, 1.807) is 0 Å². The van der Waals surface area contributed by atoms with Crippen LogP contribution in [-0.4, -0.2) is 16.7 Å². The van der Waals surface area contributed by atoms with E-state index in [9.17, 15) is 0 Å². The highest BCUT2D eigenvalue weighted by Gasteiger charge is 2.65. The molecule has 0 saturated carbocycles. The first kappa shape index (κ1) is 77.0. The highest BCUT2D eigenvalue weighted by atomic mass is 15.3. The predicted octanol–water partition coefficient (Wildman–Crippen LogP) is 26.1. The molecule has 1 aromatic heterocycles. The Hall–Kier alpha value is -6.14. The van der Waals surface area contributed by atoms with Crippen LogP contribution in [0, 0.1) is 43.3 Å². The Kier molecular flexibility index (Phi) is 17.9. The zero-order chi connectivity index (χ0) is 76.2. The smallest absolute Gasteiger partial charge is 0.256 e. The number of anilines is 9. The molecule has 5 nitrogen and oxygen atoms in total. The van der Waals surface area contributed by atoms with Crippen LogP contribution in [0.1, 0.15) is 319 Å². The largest absolute Gasteiger partial charge is 0.296 e. The molecule has 0 radical (unpaired) electrons. The van der Waals surface area contributed by atoms with Crippen LogP contribution in [0.25, 0.3) is 0 Å². The van der Waals surface area contributed by atoms with Gasteiger partial charge in [0.15, 0.2) is 0 Å². The van der Waals surface area contributed by atoms with Gasteiger partial charge in [-0.15, -0.1) is 0 Å². The Bertz CT molecular complexity index is 4220. The molecule has 7 aromatic rings. The second-order valence-electron chi connectivity index (χ2n) is 44.7. The summed E-state index contributed by atoms with van der Waals surface area (Å²) in [6.07, 6.45) is 4.30. The van der Waals surface area contributed by atoms with Crippen LogP contribution in [0.5, 0.6) is 0 Å². The van der Waals surface area contributed by atoms with Gasteiger partial charge in [0.05, 0.1) is 0 Å². The monoisotopic (exact) mass is 1370 g/mol. The molecule has 548 valence electrons. The van der Waals surface area contributed by atoms with Gasteiger partial charge in [-0.1, -0.05) is 310 Å². The summed E-state index contributed by atoms with van der Waals surface area (Å²) < 4.78 is 0. The molecule has 0 bridgehead atoms. The van der Waals surface area contributed by atoms with Gasteiger partial charge in [-0.25, -0.2) is 0 Å². The SMILES string of the molecule is CC(C)(C)c1ccc(N(c2ccc(C(C)(C)C)cc2)c2nc3c4c(n2)N(c2ccc5c(c2)C(C(C)(C)C)(C(C)(C)C)CCC5(C(C)(C)C)C(C)(C)C)c2cc5c(cc2B4c2cc(C(C)(C)C)ccc2N3c2ccc(C(C)(C)C)cc2)C(C(C)(C)C)(C(C)(C)C)CCC5(C(C)(C)C)C(C)(C)C)cc1. The molecule has 0 amide bonds. The molecule has 2 aliphatic carbocycles. The summed E-state index contributed by atoms with van der Waals surface area (Å²) in [6, 6.07) is 49.1. The second kappa shape index (κ2) is 23.7. The third-order valence-electron chi connectivity index (χ3n) is 27.0. The van der Waals surface area contributed by atoms with Crippen molar-refractivity contribution in [1.82, 2.24) is 9.97 Å². The van der Waals surface area contributed by atoms with Gasteiger partial charge in [-0.2, -0.15) is 9.97 Å². The Morgan fingerprint density at radius 3 is 0.941 bits per heavy atom. The van der Waals surface area contributed by atoms with E-state index in [2.05, 4.69) is 385 Å². The number of hydrogen-bond acceptors (Lipinski definition) is 5. The average Bonchev–Trinajstić information content (AvgIpc) is 0.675. The highest BCUT2D eigenvalue weighted by molar-refractivity contribution is 7.00. The number of fused-ring (bicyclic) bond motifs is 6. The third-order valence-corrected chi connectivity index (χ3v) is 27.0. The molecular weight excluding hydrogens is 1230 g/mol. The fourth-order valence-corrected chi connectivity index (χ4v) is 22.7. The van der Waals surface area contributed by atoms with E-state index in [0.717, 1.165) is 71.2 Å². The minimum Gasteiger partial charge on any atom is -0.296 e. The summed E-state index contributed by atoms with van der Waals surface area (Å²) in [7, 11) is 0. The zero-order valence-electron chi connectivity index (χ0n) is 71.2. The lowest BCUT2D eigenvalue weighted by atomic mass is 9.32. The van der Waals surface area contributed by atoms with Crippen LogP contribution < -0.4 is 31.1 Å². The zero-order valence-corrected chi connectivity index (χ0v) is 71.2. The first-order valence-electron chi connectivity index (χ1n) is 39.3. The fraction of sp³-hybridized carbons (Fsp3) is 0.583. The first-order valence-corrected chi connectivity index (χ1v) is 39.3. The Morgan fingerprint density at radius 1 is 0.294 bits per heavy atom. The number of benzene rings is 6. The Balaban J connectivity index is 1.44. The molecule has 11 rings (SSSR count). The van der Waals surface area contributed by atoms with Crippen molar-refractivity contribution >= 4 is 74.8 Å². The van der Waals surface area contributed by atoms with Crippen molar-refractivity contribution < 1.29 is 0 Å². The van der Waals surface area contributed by atoms with Gasteiger partial charge in [-0.05, 0) is 207 Å². The van der Waals surface area contributed by atoms with Crippen LogP contribution in [0.3, 0.4) is 0 Å². The molecule has 4 aliphatic rings. The van der Waals surface area contributed by atoms with E-state index in [0.29, 0.717) is 5.95 Å². The minimum absolute atomic E-state index is 0.0556. The van der Waals surface area contributed by atoms with E-state index in [-0.39, 0.29) is 93.4 Å². The molecule has 0 saturated heterocycles. The second-order valence-corrected chi connectivity index (χ2v) is 44.7. The van der Waals surface area contributed by atoms with Gasteiger partial charge in [0, 0.05) is 61.2 Å². The summed E-state index contributed by atoms with van der Waals surface area (Å²) in [5, 5.41) is 0. The minimum atomic E-state index is -0.262. The van der Waals surface area contributed by atoms with E-state index < -0.39 is 0 Å². The Morgan fingerprint density at radius 2 is 0.588 bits per heavy atom. The van der Waals surface area contributed by atoms with Gasteiger partial charge in [0.1, 0.15) is 11.6 Å². The molecule has 6 heteroatoms. The van der Waals surface area contributed by atoms with Crippen molar-refractivity contribution in [2.75, 3.05) is 14.7 Å². The topological polar surface area (TPSA) is 35.5 Å². The lowest BCUT2D eigenvalue weighted by Crippen LogP contribution is -2.64. The van der Waals surface area contributed by atoms with E-state index in [4.69, 9.17) is 9.97 Å². The van der Waals surface area contributed by atoms with Crippen LogP contribution in [0.15, 0.2) is 121 Å². The van der Waals surface area contributed by atoms with Gasteiger partial charge < -0.3 is 0 Å². The maximum Gasteiger partial charge on any atom is 0.256 e. The lowest BCUT2D eigenvalue weighted by Gasteiger charge is -2.65. The van der Waals surface area contributed by atoms with Crippen molar-refractivity contribution in [2.45, 2.75) is 318 Å². The fourth-order valence-electron chi connectivity index (χ4n) is 22.7. The van der Waals surface area contributed by atoms with Crippen molar-refractivity contribution in [3.05, 3.63) is 166 Å². The molecule has 102 heavy (non-hydrogen) atoms. The molecule has 0 unspecified atom stereocenters. The van der Waals surface area contributed by atoms with Crippen molar-refractivity contribution in [2.24, 2.45) is 43.3 Å². The number of aromatic nitrogens is 2. The van der Waals surface area contributed by atoms with Crippen molar-refractivity contribution in [1.29, 1.82) is 0 Å². The summed E-state index contributed by atoms with van der Waals surface area (Å²) in [6.45, 7) is 89.0. The summed E-state index contributed by atoms with van der Waals surface area (Å²) in [5.74, 6) is 2.46. The van der Waals surface area contributed by atoms with Gasteiger partial charge in [0.25, 0.3) is 6.71 Å². The summed E-state index contributed by atoms with van der Waals surface area (Å²) >= 11 is 0. The molecule has 2 aliphatic heterocycles. The maximum atomic E-state index is 6.50. The molecule has 0 fully saturated rings. The van der Waals surface area contributed by atoms with Crippen LogP contribution in [-0.2, 0) is 43.3 Å². The molecular formula is C96H136BN5. The first-order chi connectivity index (χ1) is 46.2. The van der Waals surface area contributed by atoms with Gasteiger partial charge in [0.2, 0.25) is 5.95 Å². The Labute approximate surface area is 623 Å². The molecule has 6 aromatic carbocycles. The van der Waals surface area contributed by atoms with E-state index >= 15 is 0 Å². The molecule has 0 atom stereocenters. The van der Waals surface area contributed by atoms with Crippen molar-refractivity contribution in [3.8, 4) is 0 Å². The third kappa shape index (κ3) is 11.6. The highest BCUT2D eigenvalue weighted by Crippen LogP contribution is 2.71. The van der Waals surface area contributed by atoms with Crippen LogP contribution >= 0.6 is 0 Å². The number of hydrogen-bond donors (Lipinski definition) is 0. The van der Waals surface area contributed by atoms with Gasteiger partial charge in [-0.3, -0.25) is 14.7 Å². The molecule has 0 N–H and O–H groups in total. The number of rotatable bonds is 5. The standard InChI is InChI=1S/C96H136BN5/c1-81(2,3)61-37-44-65(45-38-61)100(66-46-39-62(40-47-66)82(4,5)6)80-98-78-77-79(99-80)102(68-50-51-69-70(58-68)94(87(19,20)21,88(22,23)24)54-53-93(69,85(13,14)15)86(16,17)18)76-60-72-71(95(89(25,26)27,90(28,29)30)55-56-96(72,91(31,32)33)92(34,35)36)59-74(76)97(77)73-57-64(84(10,11)12)43-52-75(73)101(78)67-48-41-63(42-49-67)83(7,8)9/h37-52,57-60H,53-56H2,1-36H3. The van der Waals surface area contributed by atoms with Gasteiger partial charge >= 0.3 is 0 Å². The normalized spacial score (nSPS) is 17.9. The van der Waals surface area contributed by atoms with E-state index in [1.807, 2.05) is 0 Å². The van der Waals surface area contributed by atoms with Crippen LogP contribution in [0.4, 0.5) is 51.7 Å². The quantitative estimate of drug-likeness (QED) is 0.161.